The molecule has 0 amide bonds. The largest absolute Gasteiger partial charge is 0.497 e. The second-order valence-corrected chi connectivity index (χ2v) is 4.45. The van der Waals surface area contributed by atoms with Gasteiger partial charge in [-0.1, -0.05) is 12.1 Å². The molecule has 2 aromatic rings. The summed E-state index contributed by atoms with van der Waals surface area (Å²) in [5.41, 5.74) is 1.43. The fourth-order valence-corrected chi connectivity index (χ4v) is 2.38. The summed E-state index contributed by atoms with van der Waals surface area (Å²) in [6, 6.07) is 7.72. The number of methoxy groups -OCH3 is 1. The SMILES string of the molecule is COc1cccc(-c2nc(C=O)c3n2CCCN3)c1. The molecule has 19 heavy (non-hydrogen) atoms. The summed E-state index contributed by atoms with van der Waals surface area (Å²) in [6.07, 6.45) is 1.83. The summed E-state index contributed by atoms with van der Waals surface area (Å²) in [5.74, 6) is 2.41. The maximum Gasteiger partial charge on any atom is 0.172 e. The molecule has 5 nitrogen and oxygen atoms in total. The van der Waals surface area contributed by atoms with Gasteiger partial charge >= 0.3 is 0 Å². The lowest BCUT2D eigenvalue weighted by molar-refractivity contribution is 0.112. The van der Waals surface area contributed by atoms with Gasteiger partial charge in [0.25, 0.3) is 0 Å². The Morgan fingerprint density at radius 2 is 2.37 bits per heavy atom. The minimum atomic E-state index is 0.470. The maximum atomic E-state index is 11.1. The number of aldehydes is 1. The third-order valence-electron chi connectivity index (χ3n) is 3.29. The number of rotatable bonds is 3. The van der Waals surface area contributed by atoms with E-state index < -0.39 is 0 Å². The molecule has 1 aromatic heterocycles. The van der Waals surface area contributed by atoms with Crippen LogP contribution in [0.4, 0.5) is 5.82 Å². The van der Waals surface area contributed by atoms with Crippen molar-refractivity contribution in [2.24, 2.45) is 0 Å². The minimum Gasteiger partial charge on any atom is -0.497 e. The molecule has 1 aliphatic heterocycles. The van der Waals surface area contributed by atoms with Gasteiger partial charge in [0.05, 0.1) is 7.11 Å². The summed E-state index contributed by atoms with van der Waals surface area (Å²) in [5, 5.41) is 3.24. The monoisotopic (exact) mass is 257 g/mol. The molecule has 0 atom stereocenters. The third kappa shape index (κ3) is 1.97. The first kappa shape index (κ1) is 11.8. The van der Waals surface area contributed by atoms with Gasteiger partial charge in [-0.15, -0.1) is 0 Å². The fraction of sp³-hybridized carbons (Fsp3) is 0.286. The Labute approximate surface area is 111 Å². The molecular weight excluding hydrogens is 242 g/mol. The Morgan fingerprint density at radius 1 is 1.47 bits per heavy atom. The molecule has 0 saturated heterocycles. The van der Waals surface area contributed by atoms with Crippen molar-refractivity contribution >= 4 is 12.1 Å². The summed E-state index contributed by atoms with van der Waals surface area (Å²) in [6.45, 7) is 1.75. The van der Waals surface area contributed by atoms with Crippen molar-refractivity contribution in [2.75, 3.05) is 19.0 Å². The number of nitrogens with zero attached hydrogens (tertiary/aromatic N) is 2. The van der Waals surface area contributed by atoms with E-state index in [0.29, 0.717) is 5.69 Å². The lowest BCUT2D eigenvalue weighted by Crippen LogP contribution is -2.18. The summed E-state index contributed by atoms with van der Waals surface area (Å²) < 4.78 is 7.29. The fourth-order valence-electron chi connectivity index (χ4n) is 2.38. The normalized spacial score (nSPS) is 13.5. The van der Waals surface area contributed by atoms with Crippen molar-refractivity contribution in [3.05, 3.63) is 30.0 Å². The molecule has 98 valence electrons. The van der Waals surface area contributed by atoms with E-state index in [-0.39, 0.29) is 0 Å². The predicted molar refractivity (Wildman–Crippen MR) is 72.7 cm³/mol. The van der Waals surface area contributed by atoms with Gasteiger partial charge in [0.1, 0.15) is 23.1 Å². The molecule has 1 N–H and O–H groups in total. The van der Waals surface area contributed by atoms with Gasteiger partial charge in [0, 0.05) is 18.7 Å². The number of ether oxygens (including phenoxy) is 1. The predicted octanol–water partition coefficient (Wildman–Crippen LogP) is 2.19. The lowest BCUT2D eigenvalue weighted by Gasteiger charge is -2.18. The van der Waals surface area contributed by atoms with Crippen LogP contribution in [0.15, 0.2) is 24.3 Å². The second kappa shape index (κ2) is 4.76. The molecule has 1 aliphatic rings. The number of benzene rings is 1. The Bertz CT molecular complexity index is 619. The van der Waals surface area contributed by atoms with Crippen LogP contribution < -0.4 is 10.1 Å². The van der Waals surface area contributed by atoms with E-state index in [1.807, 2.05) is 24.3 Å². The standard InChI is InChI=1S/C14H15N3O2/c1-19-11-5-2-4-10(8-11)13-16-12(9-18)14-15-6-3-7-17(13)14/h2,4-5,8-9,15H,3,6-7H2,1H3. The van der Waals surface area contributed by atoms with E-state index >= 15 is 0 Å². The number of fused-ring (bicyclic) bond motifs is 1. The average molecular weight is 257 g/mol. The molecule has 0 radical (unpaired) electrons. The van der Waals surface area contributed by atoms with Gasteiger partial charge in [-0.3, -0.25) is 4.79 Å². The van der Waals surface area contributed by atoms with Gasteiger partial charge in [0.2, 0.25) is 0 Å². The molecule has 0 saturated carbocycles. The molecule has 0 bridgehead atoms. The van der Waals surface area contributed by atoms with Gasteiger partial charge in [-0.25, -0.2) is 4.98 Å². The number of carbonyl (C=O) groups excluding carboxylic acids is 1. The lowest BCUT2D eigenvalue weighted by atomic mass is 10.2. The van der Waals surface area contributed by atoms with Crippen LogP contribution in [0.1, 0.15) is 16.9 Å². The van der Waals surface area contributed by atoms with E-state index in [4.69, 9.17) is 4.74 Å². The van der Waals surface area contributed by atoms with Crippen molar-refractivity contribution < 1.29 is 9.53 Å². The zero-order valence-electron chi connectivity index (χ0n) is 10.7. The van der Waals surface area contributed by atoms with E-state index in [1.165, 1.54) is 0 Å². The first-order valence-corrected chi connectivity index (χ1v) is 6.27. The van der Waals surface area contributed by atoms with Crippen LogP contribution in [0.2, 0.25) is 0 Å². The van der Waals surface area contributed by atoms with E-state index in [1.54, 1.807) is 7.11 Å². The van der Waals surface area contributed by atoms with Gasteiger partial charge in [-0.05, 0) is 18.6 Å². The first-order chi connectivity index (χ1) is 9.33. The Balaban J connectivity index is 2.13. The number of aromatic nitrogens is 2. The number of nitrogens with one attached hydrogen (secondary N) is 1. The van der Waals surface area contributed by atoms with Crippen molar-refractivity contribution in [2.45, 2.75) is 13.0 Å². The van der Waals surface area contributed by atoms with Crippen LogP contribution in [0, 0.1) is 0 Å². The van der Waals surface area contributed by atoms with E-state index in [2.05, 4.69) is 14.9 Å². The molecule has 0 fully saturated rings. The topological polar surface area (TPSA) is 56.1 Å². The average Bonchev–Trinajstić information content (AvgIpc) is 2.86. The first-order valence-electron chi connectivity index (χ1n) is 6.27. The summed E-state index contributed by atoms with van der Waals surface area (Å²) in [7, 11) is 1.64. The maximum absolute atomic E-state index is 11.1. The molecule has 5 heteroatoms. The van der Waals surface area contributed by atoms with Crippen molar-refractivity contribution in [1.82, 2.24) is 9.55 Å². The summed E-state index contributed by atoms with van der Waals surface area (Å²) in [4.78, 5) is 15.5. The molecule has 3 rings (SSSR count). The number of carbonyl (C=O) groups is 1. The van der Waals surface area contributed by atoms with Crippen molar-refractivity contribution in [1.29, 1.82) is 0 Å². The Hall–Kier alpha value is -2.30. The van der Waals surface area contributed by atoms with Crippen LogP contribution in [0.3, 0.4) is 0 Å². The van der Waals surface area contributed by atoms with E-state index in [9.17, 15) is 4.79 Å². The number of imidazole rings is 1. The highest BCUT2D eigenvalue weighted by atomic mass is 16.5. The smallest absolute Gasteiger partial charge is 0.172 e. The van der Waals surface area contributed by atoms with E-state index in [0.717, 1.165) is 48.8 Å². The van der Waals surface area contributed by atoms with Crippen molar-refractivity contribution in [3.8, 4) is 17.1 Å². The number of anilines is 1. The second-order valence-electron chi connectivity index (χ2n) is 4.45. The molecular formula is C14H15N3O2. The molecule has 0 aliphatic carbocycles. The van der Waals surface area contributed by atoms with Crippen LogP contribution in [-0.4, -0.2) is 29.5 Å². The zero-order valence-corrected chi connectivity index (χ0v) is 10.7. The quantitative estimate of drug-likeness (QED) is 0.856. The minimum absolute atomic E-state index is 0.470. The highest BCUT2D eigenvalue weighted by Crippen LogP contribution is 2.29. The van der Waals surface area contributed by atoms with Crippen LogP contribution >= 0.6 is 0 Å². The van der Waals surface area contributed by atoms with Crippen LogP contribution in [0.25, 0.3) is 11.4 Å². The third-order valence-corrected chi connectivity index (χ3v) is 3.29. The van der Waals surface area contributed by atoms with Crippen LogP contribution in [0.5, 0.6) is 5.75 Å². The number of hydrogen-bond donors (Lipinski definition) is 1. The number of hydrogen-bond acceptors (Lipinski definition) is 4. The molecule has 0 spiro atoms. The molecule has 2 heterocycles. The zero-order chi connectivity index (χ0) is 13.2. The molecule has 0 unspecified atom stereocenters. The van der Waals surface area contributed by atoms with Crippen LogP contribution in [-0.2, 0) is 6.54 Å². The van der Waals surface area contributed by atoms with Gasteiger partial charge < -0.3 is 14.6 Å². The van der Waals surface area contributed by atoms with Gasteiger partial charge in [-0.2, -0.15) is 0 Å². The highest BCUT2D eigenvalue weighted by Gasteiger charge is 2.20. The van der Waals surface area contributed by atoms with Gasteiger partial charge in [0.15, 0.2) is 6.29 Å². The summed E-state index contributed by atoms with van der Waals surface area (Å²) >= 11 is 0. The van der Waals surface area contributed by atoms with Crippen molar-refractivity contribution in [3.63, 3.8) is 0 Å². The Morgan fingerprint density at radius 3 is 3.16 bits per heavy atom. The Kier molecular flexibility index (Phi) is 2.95. The molecule has 1 aromatic carbocycles. The highest BCUT2D eigenvalue weighted by molar-refractivity contribution is 5.83.